The van der Waals surface area contributed by atoms with Crippen molar-refractivity contribution >= 4 is 27.9 Å². The summed E-state index contributed by atoms with van der Waals surface area (Å²) in [5, 5.41) is 0. The molecular weight excluding hydrogens is 240 g/mol. The van der Waals surface area contributed by atoms with Gasteiger partial charge in [-0.2, -0.15) is 0 Å². The summed E-state index contributed by atoms with van der Waals surface area (Å²) >= 11 is 2.99. The van der Waals surface area contributed by atoms with Gasteiger partial charge in [0.25, 0.3) is 0 Å². The zero-order chi connectivity index (χ0) is 10.4. The summed E-state index contributed by atoms with van der Waals surface area (Å²) in [6.07, 6.45) is 0. The highest BCUT2D eigenvalue weighted by Gasteiger charge is 2.17. The van der Waals surface area contributed by atoms with Crippen LogP contribution in [-0.4, -0.2) is 23.4 Å². The van der Waals surface area contributed by atoms with E-state index in [1.807, 2.05) is 0 Å². The van der Waals surface area contributed by atoms with Crippen LogP contribution >= 0.6 is 15.9 Å². The molecule has 4 nitrogen and oxygen atoms in total. The predicted octanol–water partition coefficient (Wildman–Crippen LogP) is 1.39. The maximum atomic E-state index is 10.9. The van der Waals surface area contributed by atoms with Crippen LogP contribution in [0.1, 0.15) is 13.8 Å². The molecule has 0 bridgehead atoms. The molecule has 0 saturated heterocycles. The molecular formula is C8H11BrO4. The Morgan fingerprint density at radius 2 is 2.08 bits per heavy atom. The highest BCUT2D eigenvalue weighted by atomic mass is 79.9. The summed E-state index contributed by atoms with van der Waals surface area (Å²) in [5.74, 6) is -1.58. The van der Waals surface area contributed by atoms with Crippen LogP contribution in [0, 0.1) is 0 Å². The van der Waals surface area contributed by atoms with Crippen LogP contribution in [0.3, 0.4) is 0 Å². The quantitative estimate of drug-likeness (QED) is 0.328. The first-order chi connectivity index (χ1) is 5.99. The van der Waals surface area contributed by atoms with Crippen LogP contribution in [0.2, 0.25) is 0 Å². The Morgan fingerprint density at radius 3 is 2.46 bits per heavy atom. The third-order valence-electron chi connectivity index (χ3n) is 1.05. The number of carbonyl (C=O) groups is 2. The lowest BCUT2D eigenvalue weighted by Crippen LogP contribution is -2.18. The Bertz CT molecular complexity index is 222. The maximum absolute atomic E-state index is 10.9. The van der Waals surface area contributed by atoms with Crippen molar-refractivity contribution in [2.24, 2.45) is 0 Å². The summed E-state index contributed by atoms with van der Waals surface area (Å²) in [7, 11) is 0. The van der Waals surface area contributed by atoms with E-state index in [1.54, 1.807) is 13.8 Å². The van der Waals surface area contributed by atoms with E-state index in [0.717, 1.165) is 0 Å². The topological polar surface area (TPSA) is 52.6 Å². The number of carbonyl (C=O) groups excluding carboxylic acids is 2. The molecule has 0 amide bonds. The van der Waals surface area contributed by atoms with Crippen LogP contribution < -0.4 is 0 Å². The molecule has 0 saturated carbocycles. The second-order valence-corrected chi connectivity index (χ2v) is 3.55. The smallest absolute Gasteiger partial charge is 0.373 e. The second-order valence-electron chi connectivity index (χ2n) is 2.18. The van der Waals surface area contributed by atoms with E-state index in [0.29, 0.717) is 0 Å². The Labute approximate surface area is 85.0 Å². The van der Waals surface area contributed by atoms with Gasteiger partial charge in [0.1, 0.15) is 4.83 Å². The number of hydrogen-bond donors (Lipinski definition) is 0. The van der Waals surface area contributed by atoms with E-state index in [4.69, 9.17) is 0 Å². The van der Waals surface area contributed by atoms with Gasteiger partial charge in [0, 0.05) is 0 Å². The highest BCUT2D eigenvalue weighted by molar-refractivity contribution is 9.10. The Morgan fingerprint density at radius 1 is 1.54 bits per heavy atom. The first kappa shape index (κ1) is 12.2. The van der Waals surface area contributed by atoms with Crippen LogP contribution in [0.15, 0.2) is 12.3 Å². The molecule has 1 atom stereocenters. The number of esters is 2. The molecule has 0 aliphatic rings. The number of halogens is 1. The van der Waals surface area contributed by atoms with Gasteiger partial charge in [-0.05, 0) is 20.4 Å². The monoisotopic (exact) mass is 250 g/mol. The van der Waals surface area contributed by atoms with Gasteiger partial charge in [-0.15, -0.1) is 0 Å². The van der Waals surface area contributed by atoms with Gasteiger partial charge in [0.05, 0.1) is 6.61 Å². The summed E-state index contributed by atoms with van der Waals surface area (Å²) < 4.78 is 9.12. The molecule has 0 aliphatic heterocycles. The molecule has 0 aliphatic carbocycles. The van der Waals surface area contributed by atoms with Gasteiger partial charge in [-0.1, -0.05) is 15.9 Å². The number of ether oxygens (including phenoxy) is 2. The standard InChI is InChI=1S/C8H11BrO4/c1-4-12-8(11)6(3)13-7(10)5(2)9/h5H,3-4H2,1-2H3. The minimum absolute atomic E-state index is 0.221. The zero-order valence-corrected chi connectivity index (χ0v) is 9.09. The largest absolute Gasteiger partial charge is 0.460 e. The molecule has 0 radical (unpaired) electrons. The van der Waals surface area contributed by atoms with E-state index in [-0.39, 0.29) is 12.4 Å². The first-order valence-corrected chi connectivity index (χ1v) is 4.62. The van der Waals surface area contributed by atoms with Gasteiger partial charge in [0.2, 0.25) is 5.76 Å². The van der Waals surface area contributed by atoms with Crippen LogP contribution in [0.4, 0.5) is 0 Å². The fourth-order valence-electron chi connectivity index (χ4n) is 0.456. The lowest BCUT2D eigenvalue weighted by atomic mass is 10.5. The minimum Gasteiger partial charge on any atom is -0.460 e. The predicted molar refractivity (Wildman–Crippen MR) is 50.3 cm³/mol. The lowest BCUT2D eigenvalue weighted by molar-refractivity contribution is -0.150. The summed E-state index contributed by atoms with van der Waals surface area (Å²) in [5.41, 5.74) is 0. The third kappa shape index (κ3) is 4.67. The normalized spacial score (nSPS) is 11.6. The number of alkyl halides is 1. The second kappa shape index (κ2) is 5.75. The summed E-state index contributed by atoms with van der Waals surface area (Å²) in [6.45, 7) is 6.72. The molecule has 74 valence electrons. The fourth-order valence-corrected chi connectivity index (χ4v) is 0.549. The summed E-state index contributed by atoms with van der Waals surface area (Å²) in [4.78, 5) is 21.3. The third-order valence-corrected chi connectivity index (χ3v) is 1.43. The van der Waals surface area contributed by atoms with Crippen LogP contribution in [-0.2, 0) is 19.1 Å². The lowest BCUT2D eigenvalue weighted by Gasteiger charge is -2.06. The molecule has 5 heteroatoms. The van der Waals surface area contributed by atoms with Gasteiger partial charge < -0.3 is 9.47 Å². The van der Waals surface area contributed by atoms with E-state index in [9.17, 15) is 9.59 Å². The molecule has 0 aromatic heterocycles. The molecule has 0 rings (SSSR count). The molecule has 0 aromatic rings. The van der Waals surface area contributed by atoms with E-state index in [1.165, 1.54) is 0 Å². The van der Waals surface area contributed by atoms with Crippen LogP contribution in [0.5, 0.6) is 0 Å². The van der Waals surface area contributed by atoms with Crippen molar-refractivity contribution in [1.29, 1.82) is 0 Å². The molecule has 0 aromatic carbocycles. The van der Waals surface area contributed by atoms with Crippen molar-refractivity contribution in [2.75, 3.05) is 6.61 Å². The first-order valence-electron chi connectivity index (χ1n) is 3.70. The van der Waals surface area contributed by atoms with Gasteiger partial charge in [-0.25, -0.2) is 4.79 Å². The highest BCUT2D eigenvalue weighted by Crippen LogP contribution is 2.05. The average Bonchev–Trinajstić information content (AvgIpc) is 2.04. The van der Waals surface area contributed by atoms with Crippen molar-refractivity contribution in [3.63, 3.8) is 0 Å². The molecule has 1 unspecified atom stereocenters. The van der Waals surface area contributed by atoms with Crippen molar-refractivity contribution in [3.8, 4) is 0 Å². The van der Waals surface area contributed by atoms with Crippen LogP contribution in [0.25, 0.3) is 0 Å². The Hall–Kier alpha value is -0.840. The SMILES string of the molecule is C=C(OC(=O)C(C)Br)C(=O)OCC. The van der Waals surface area contributed by atoms with Gasteiger partial charge >= 0.3 is 11.9 Å². The molecule has 0 heterocycles. The van der Waals surface area contributed by atoms with Crippen molar-refractivity contribution in [2.45, 2.75) is 18.7 Å². The maximum Gasteiger partial charge on any atom is 0.373 e. The molecule has 13 heavy (non-hydrogen) atoms. The minimum atomic E-state index is -0.719. The molecule has 0 N–H and O–H groups in total. The van der Waals surface area contributed by atoms with Gasteiger partial charge in [-0.3, -0.25) is 4.79 Å². The molecule has 0 spiro atoms. The van der Waals surface area contributed by atoms with E-state index >= 15 is 0 Å². The van der Waals surface area contributed by atoms with Gasteiger partial charge in [0.15, 0.2) is 0 Å². The van der Waals surface area contributed by atoms with E-state index in [2.05, 4.69) is 32.0 Å². The fraction of sp³-hybridized carbons (Fsp3) is 0.500. The Kier molecular flexibility index (Phi) is 5.37. The number of hydrogen-bond acceptors (Lipinski definition) is 4. The molecule has 0 fully saturated rings. The average molecular weight is 251 g/mol. The Balaban J connectivity index is 4.01. The number of rotatable bonds is 4. The van der Waals surface area contributed by atoms with Crippen molar-refractivity contribution < 1.29 is 19.1 Å². The van der Waals surface area contributed by atoms with Crippen molar-refractivity contribution in [3.05, 3.63) is 12.3 Å². The van der Waals surface area contributed by atoms with E-state index < -0.39 is 16.8 Å². The summed E-state index contributed by atoms with van der Waals surface area (Å²) in [6, 6.07) is 0. The zero-order valence-electron chi connectivity index (χ0n) is 7.50. The van der Waals surface area contributed by atoms with Crippen molar-refractivity contribution in [1.82, 2.24) is 0 Å².